The highest BCUT2D eigenvalue weighted by atomic mass is 32.2. The number of rotatable bonds is 8. The number of halogens is 4. The lowest BCUT2D eigenvalue weighted by atomic mass is 10.2. The molecule has 0 heterocycles. The molecule has 0 aliphatic carbocycles. The van der Waals surface area contributed by atoms with Gasteiger partial charge in [-0.15, -0.1) is 0 Å². The molecule has 4 nitrogen and oxygen atoms in total. The molecule has 0 atom stereocenters. The predicted octanol–water partition coefficient (Wildman–Crippen LogP) is 2.47. The second kappa shape index (κ2) is 7.60. The van der Waals surface area contributed by atoms with Gasteiger partial charge in [0, 0.05) is 6.07 Å². The average molecular weight is 329 g/mol. The van der Waals surface area contributed by atoms with Crippen molar-refractivity contribution >= 4 is 10.0 Å². The summed E-state index contributed by atoms with van der Waals surface area (Å²) in [4.78, 5) is 0. The minimum Gasteiger partial charge on any atom is -0.487 e. The van der Waals surface area contributed by atoms with Crippen molar-refractivity contribution in [2.45, 2.75) is 25.7 Å². The van der Waals surface area contributed by atoms with Crippen molar-refractivity contribution in [2.24, 2.45) is 5.14 Å². The van der Waals surface area contributed by atoms with Crippen LogP contribution in [-0.4, -0.2) is 20.8 Å². The van der Waals surface area contributed by atoms with E-state index < -0.39 is 39.0 Å². The highest BCUT2D eigenvalue weighted by Crippen LogP contribution is 2.26. The zero-order valence-corrected chi connectivity index (χ0v) is 11.9. The van der Waals surface area contributed by atoms with E-state index in [1.807, 2.05) is 0 Å². The molecule has 0 saturated carbocycles. The maximum absolute atomic E-state index is 13.2. The van der Waals surface area contributed by atoms with E-state index in [1.165, 1.54) is 0 Å². The Hall–Kier alpha value is -1.35. The van der Waals surface area contributed by atoms with Crippen LogP contribution >= 0.6 is 0 Å². The van der Waals surface area contributed by atoms with Crippen molar-refractivity contribution < 1.29 is 30.7 Å². The monoisotopic (exact) mass is 329 g/mol. The van der Waals surface area contributed by atoms with Crippen LogP contribution in [0.2, 0.25) is 0 Å². The third kappa shape index (κ3) is 5.88. The Morgan fingerprint density at radius 3 is 2.00 bits per heavy atom. The summed E-state index contributed by atoms with van der Waals surface area (Å²) in [6.07, 6.45) is 1.76. The Morgan fingerprint density at radius 1 is 0.952 bits per heavy atom. The molecule has 1 rings (SSSR count). The molecular weight excluding hydrogens is 314 g/mol. The van der Waals surface area contributed by atoms with Gasteiger partial charge in [0.05, 0.1) is 12.4 Å². The van der Waals surface area contributed by atoms with Crippen LogP contribution in [0.25, 0.3) is 0 Å². The topological polar surface area (TPSA) is 69.4 Å². The van der Waals surface area contributed by atoms with Crippen molar-refractivity contribution in [3.05, 3.63) is 29.3 Å². The number of hydrogen-bond donors (Lipinski definition) is 1. The Labute approximate surface area is 119 Å². The average Bonchev–Trinajstić information content (AvgIpc) is 2.37. The van der Waals surface area contributed by atoms with E-state index in [-0.39, 0.29) is 18.4 Å². The normalized spacial score (nSPS) is 11.7. The van der Waals surface area contributed by atoms with Crippen molar-refractivity contribution in [1.82, 2.24) is 0 Å². The molecule has 120 valence electrons. The van der Waals surface area contributed by atoms with Crippen LogP contribution in [0.3, 0.4) is 0 Å². The molecule has 9 heteroatoms. The summed E-state index contributed by atoms with van der Waals surface area (Å²) >= 11 is 0. The van der Waals surface area contributed by atoms with Crippen LogP contribution in [0.5, 0.6) is 5.75 Å². The second-order valence-electron chi connectivity index (χ2n) is 4.43. The number of primary sulfonamides is 1. The number of sulfonamides is 1. The third-order valence-corrected chi connectivity index (χ3v) is 3.50. The zero-order chi connectivity index (χ0) is 16.0. The van der Waals surface area contributed by atoms with Gasteiger partial charge in [0.15, 0.2) is 17.4 Å². The molecule has 0 aliphatic heterocycles. The zero-order valence-electron chi connectivity index (χ0n) is 11.0. The van der Waals surface area contributed by atoms with E-state index in [4.69, 9.17) is 9.88 Å². The highest BCUT2D eigenvalue weighted by Gasteiger charge is 2.20. The Morgan fingerprint density at radius 2 is 1.48 bits per heavy atom. The van der Waals surface area contributed by atoms with E-state index in [2.05, 4.69) is 0 Å². The molecule has 21 heavy (non-hydrogen) atoms. The number of ether oxygens (including phenoxy) is 1. The van der Waals surface area contributed by atoms with Crippen LogP contribution in [0.1, 0.15) is 25.7 Å². The summed E-state index contributed by atoms with van der Waals surface area (Å²) in [5.41, 5.74) is 0. The van der Waals surface area contributed by atoms with Gasteiger partial charge < -0.3 is 4.74 Å². The number of unbranched alkanes of at least 4 members (excludes halogenated alkanes) is 3. The van der Waals surface area contributed by atoms with Gasteiger partial charge in [0.25, 0.3) is 0 Å². The Bertz CT molecular complexity index is 566. The van der Waals surface area contributed by atoms with Crippen molar-refractivity contribution in [3.8, 4) is 5.75 Å². The fourth-order valence-electron chi connectivity index (χ4n) is 1.61. The Balaban J connectivity index is 2.37. The maximum atomic E-state index is 13.2. The fourth-order valence-corrected chi connectivity index (χ4v) is 2.22. The van der Waals surface area contributed by atoms with E-state index in [0.29, 0.717) is 25.7 Å². The molecule has 1 aromatic rings. The number of nitrogens with two attached hydrogens (primary N) is 1. The second-order valence-corrected chi connectivity index (χ2v) is 6.16. The summed E-state index contributed by atoms with van der Waals surface area (Å²) < 4.78 is 78.2. The first-order valence-electron chi connectivity index (χ1n) is 6.18. The molecule has 0 unspecified atom stereocenters. The summed E-state index contributed by atoms with van der Waals surface area (Å²) in [5.74, 6) is -7.45. The smallest absolute Gasteiger partial charge is 0.209 e. The van der Waals surface area contributed by atoms with Gasteiger partial charge in [-0.3, -0.25) is 0 Å². The minimum absolute atomic E-state index is 0.102. The van der Waals surface area contributed by atoms with Crippen LogP contribution in [-0.2, 0) is 10.0 Å². The molecular formula is C12H15F4NO3S. The van der Waals surface area contributed by atoms with Gasteiger partial charge in [-0.1, -0.05) is 12.8 Å². The summed E-state index contributed by atoms with van der Waals surface area (Å²) in [6, 6.07) is 0.102. The summed E-state index contributed by atoms with van der Waals surface area (Å²) in [6.45, 7) is -0.147. The minimum atomic E-state index is -3.49. The van der Waals surface area contributed by atoms with E-state index in [0.717, 1.165) is 0 Å². The summed E-state index contributed by atoms with van der Waals surface area (Å²) in [7, 11) is -3.49. The van der Waals surface area contributed by atoms with Gasteiger partial charge in [-0.2, -0.15) is 8.78 Å². The lowest BCUT2D eigenvalue weighted by Gasteiger charge is -2.09. The lowest BCUT2D eigenvalue weighted by Crippen LogP contribution is -2.16. The van der Waals surface area contributed by atoms with Gasteiger partial charge in [0.2, 0.25) is 21.7 Å². The van der Waals surface area contributed by atoms with Gasteiger partial charge in [-0.05, 0) is 12.8 Å². The molecule has 0 aromatic heterocycles. The standard InChI is InChI=1S/C12H15F4NO3S/c13-8-7-9(14)11(16)12(10(8)15)20-5-3-1-2-4-6-21(17,18)19/h7H,1-6H2,(H2,17,18,19). The number of hydrogen-bond acceptors (Lipinski definition) is 3. The van der Waals surface area contributed by atoms with Crippen LogP contribution in [0.4, 0.5) is 17.6 Å². The quantitative estimate of drug-likeness (QED) is 0.452. The van der Waals surface area contributed by atoms with E-state index in [9.17, 15) is 26.0 Å². The molecule has 0 radical (unpaired) electrons. The lowest BCUT2D eigenvalue weighted by molar-refractivity contribution is 0.264. The largest absolute Gasteiger partial charge is 0.487 e. The van der Waals surface area contributed by atoms with Crippen molar-refractivity contribution in [1.29, 1.82) is 0 Å². The van der Waals surface area contributed by atoms with E-state index in [1.54, 1.807) is 0 Å². The predicted molar refractivity (Wildman–Crippen MR) is 68.2 cm³/mol. The first-order valence-corrected chi connectivity index (χ1v) is 7.90. The van der Waals surface area contributed by atoms with Gasteiger partial charge >= 0.3 is 0 Å². The first-order chi connectivity index (χ1) is 9.72. The van der Waals surface area contributed by atoms with Crippen LogP contribution in [0, 0.1) is 23.3 Å². The molecule has 0 spiro atoms. The molecule has 0 saturated heterocycles. The van der Waals surface area contributed by atoms with Gasteiger partial charge in [0.1, 0.15) is 0 Å². The molecule has 1 aromatic carbocycles. The Kier molecular flexibility index (Phi) is 6.41. The van der Waals surface area contributed by atoms with E-state index >= 15 is 0 Å². The van der Waals surface area contributed by atoms with Crippen molar-refractivity contribution in [2.75, 3.05) is 12.4 Å². The SMILES string of the molecule is NS(=O)(=O)CCCCCCOc1c(F)c(F)cc(F)c1F. The fraction of sp³-hybridized carbons (Fsp3) is 0.500. The van der Waals surface area contributed by atoms with Crippen LogP contribution < -0.4 is 9.88 Å². The van der Waals surface area contributed by atoms with Crippen LogP contribution in [0.15, 0.2) is 6.07 Å². The molecule has 2 N–H and O–H groups in total. The first kappa shape index (κ1) is 17.7. The van der Waals surface area contributed by atoms with Crippen molar-refractivity contribution in [3.63, 3.8) is 0 Å². The molecule has 0 fully saturated rings. The maximum Gasteiger partial charge on any atom is 0.209 e. The highest BCUT2D eigenvalue weighted by molar-refractivity contribution is 7.89. The molecule has 0 amide bonds. The number of benzene rings is 1. The van der Waals surface area contributed by atoms with Gasteiger partial charge in [-0.25, -0.2) is 22.3 Å². The molecule has 0 aliphatic rings. The molecule has 0 bridgehead atoms. The summed E-state index contributed by atoms with van der Waals surface area (Å²) in [5, 5.41) is 4.81. The third-order valence-electron chi connectivity index (χ3n) is 2.64.